The SMILES string of the molecule is CCCCCCCCC(=O)N(CC)C(C)CC(=O)O. The summed E-state index contributed by atoms with van der Waals surface area (Å²) in [5, 5.41) is 8.77. The van der Waals surface area contributed by atoms with Gasteiger partial charge in [0.2, 0.25) is 5.91 Å². The second kappa shape index (κ2) is 10.8. The molecule has 1 atom stereocenters. The zero-order valence-corrected chi connectivity index (χ0v) is 12.7. The fourth-order valence-electron chi connectivity index (χ4n) is 2.30. The van der Waals surface area contributed by atoms with Gasteiger partial charge in [-0.1, -0.05) is 39.0 Å². The van der Waals surface area contributed by atoms with Crippen molar-refractivity contribution >= 4 is 11.9 Å². The molecule has 0 bridgehead atoms. The maximum absolute atomic E-state index is 12.0. The van der Waals surface area contributed by atoms with Gasteiger partial charge >= 0.3 is 5.97 Å². The first-order chi connectivity index (χ1) is 9.02. The molecule has 1 unspecified atom stereocenters. The van der Waals surface area contributed by atoms with Gasteiger partial charge in [0.05, 0.1) is 6.42 Å². The van der Waals surface area contributed by atoms with Crippen LogP contribution >= 0.6 is 0 Å². The Morgan fingerprint density at radius 2 is 1.63 bits per heavy atom. The van der Waals surface area contributed by atoms with Crippen LogP contribution in [0.15, 0.2) is 0 Å². The van der Waals surface area contributed by atoms with Crippen molar-refractivity contribution < 1.29 is 14.7 Å². The number of hydrogen-bond donors (Lipinski definition) is 1. The highest BCUT2D eigenvalue weighted by Gasteiger charge is 2.19. The molecule has 0 aliphatic heterocycles. The number of amides is 1. The van der Waals surface area contributed by atoms with Crippen molar-refractivity contribution in [3.05, 3.63) is 0 Å². The smallest absolute Gasteiger partial charge is 0.305 e. The summed E-state index contributed by atoms with van der Waals surface area (Å²) in [6.45, 7) is 6.48. The van der Waals surface area contributed by atoms with Gasteiger partial charge in [0.25, 0.3) is 0 Å². The van der Waals surface area contributed by atoms with Crippen molar-refractivity contribution in [2.24, 2.45) is 0 Å². The number of carboxylic acids is 1. The van der Waals surface area contributed by atoms with Crippen molar-refractivity contribution in [3.63, 3.8) is 0 Å². The summed E-state index contributed by atoms with van der Waals surface area (Å²) in [6.07, 6.45) is 7.52. The number of unbranched alkanes of at least 4 members (excludes halogenated alkanes) is 5. The average molecular weight is 271 g/mol. The Labute approximate surface area is 117 Å². The molecule has 0 radical (unpaired) electrons. The second-order valence-corrected chi connectivity index (χ2v) is 5.14. The molecule has 0 saturated carbocycles. The van der Waals surface area contributed by atoms with Gasteiger partial charge in [-0.15, -0.1) is 0 Å². The first kappa shape index (κ1) is 17.9. The van der Waals surface area contributed by atoms with E-state index in [1.54, 1.807) is 11.8 Å². The van der Waals surface area contributed by atoms with Gasteiger partial charge in [-0.25, -0.2) is 0 Å². The van der Waals surface area contributed by atoms with Gasteiger partial charge < -0.3 is 10.0 Å². The molecule has 0 fully saturated rings. The molecule has 0 aliphatic carbocycles. The van der Waals surface area contributed by atoms with Crippen molar-refractivity contribution in [1.82, 2.24) is 4.90 Å². The summed E-state index contributed by atoms with van der Waals surface area (Å²) in [7, 11) is 0. The lowest BCUT2D eigenvalue weighted by molar-refractivity contribution is -0.140. The molecule has 4 heteroatoms. The summed E-state index contributed by atoms with van der Waals surface area (Å²) in [5.41, 5.74) is 0. The lowest BCUT2D eigenvalue weighted by Crippen LogP contribution is -2.39. The number of carbonyl (C=O) groups is 2. The molecule has 0 rings (SSSR count). The number of aliphatic carboxylic acids is 1. The van der Waals surface area contributed by atoms with Gasteiger partial charge in [-0.3, -0.25) is 9.59 Å². The van der Waals surface area contributed by atoms with Crippen LogP contribution in [0.1, 0.15) is 72.1 Å². The van der Waals surface area contributed by atoms with Gasteiger partial charge in [-0.2, -0.15) is 0 Å². The van der Waals surface area contributed by atoms with E-state index in [2.05, 4.69) is 6.92 Å². The lowest BCUT2D eigenvalue weighted by Gasteiger charge is -2.27. The minimum absolute atomic E-state index is 0.0239. The molecule has 0 heterocycles. The minimum Gasteiger partial charge on any atom is -0.481 e. The Hall–Kier alpha value is -1.06. The Morgan fingerprint density at radius 1 is 1.05 bits per heavy atom. The zero-order chi connectivity index (χ0) is 14.7. The van der Waals surface area contributed by atoms with E-state index in [0.717, 1.165) is 12.8 Å². The molecule has 112 valence electrons. The molecule has 0 aromatic heterocycles. The third-order valence-corrected chi connectivity index (χ3v) is 3.41. The van der Waals surface area contributed by atoms with Crippen molar-refractivity contribution in [3.8, 4) is 0 Å². The van der Waals surface area contributed by atoms with Crippen LogP contribution in [0, 0.1) is 0 Å². The van der Waals surface area contributed by atoms with E-state index >= 15 is 0 Å². The maximum Gasteiger partial charge on any atom is 0.305 e. The Kier molecular flexibility index (Phi) is 10.2. The van der Waals surface area contributed by atoms with Gasteiger partial charge in [0.15, 0.2) is 0 Å². The second-order valence-electron chi connectivity index (χ2n) is 5.14. The molecule has 0 aliphatic rings. The van der Waals surface area contributed by atoms with E-state index < -0.39 is 5.97 Å². The van der Waals surface area contributed by atoms with E-state index in [4.69, 9.17) is 5.11 Å². The van der Waals surface area contributed by atoms with Crippen LogP contribution in [0.4, 0.5) is 0 Å². The number of rotatable bonds is 11. The molecule has 1 amide bonds. The van der Waals surface area contributed by atoms with Crippen molar-refractivity contribution in [1.29, 1.82) is 0 Å². The number of carbonyl (C=O) groups excluding carboxylic acids is 1. The van der Waals surface area contributed by atoms with Crippen LogP contribution in [0.2, 0.25) is 0 Å². The highest BCUT2D eigenvalue weighted by atomic mass is 16.4. The Morgan fingerprint density at radius 3 is 2.16 bits per heavy atom. The van der Waals surface area contributed by atoms with E-state index in [9.17, 15) is 9.59 Å². The van der Waals surface area contributed by atoms with Crippen molar-refractivity contribution in [2.45, 2.75) is 78.2 Å². The molecule has 0 saturated heterocycles. The van der Waals surface area contributed by atoms with E-state index in [-0.39, 0.29) is 18.4 Å². The number of nitrogens with zero attached hydrogens (tertiary/aromatic N) is 1. The lowest BCUT2D eigenvalue weighted by atomic mass is 10.1. The first-order valence-corrected chi connectivity index (χ1v) is 7.54. The number of hydrogen-bond acceptors (Lipinski definition) is 2. The third-order valence-electron chi connectivity index (χ3n) is 3.41. The van der Waals surface area contributed by atoms with Crippen LogP contribution < -0.4 is 0 Å². The highest BCUT2D eigenvalue weighted by Crippen LogP contribution is 2.11. The fourth-order valence-corrected chi connectivity index (χ4v) is 2.30. The van der Waals surface area contributed by atoms with Gasteiger partial charge in [-0.05, 0) is 20.3 Å². The molecule has 4 nitrogen and oxygen atoms in total. The fraction of sp³-hybridized carbons (Fsp3) is 0.867. The summed E-state index contributed by atoms with van der Waals surface area (Å²) < 4.78 is 0. The predicted octanol–water partition coefficient (Wildman–Crippen LogP) is 3.45. The summed E-state index contributed by atoms with van der Waals surface area (Å²) in [6, 6.07) is -0.213. The van der Waals surface area contributed by atoms with Crippen LogP contribution in [-0.2, 0) is 9.59 Å². The van der Waals surface area contributed by atoms with Crippen LogP contribution in [0.5, 0.6) is 0 Å². The monoisotopic (exact) mass is 271 g/mol. The van der Waals surface area contributed by atoms with Crippen LogP contribution in [0.3, 0.4) is 0 Å². The summed E-state index contributed by atoms with van der Waals surface area (Å²) in [5.74, 6) is -0.759. The van der Waals surface area contributed by atoms with E-state index in [1.807, 2.05) is 6.92 Å². The molecular formula is C15H29NO3. The zero-order valence-electron chi connectivity index (χ0n) is 12.7. The normalized spacial score (nSPS) is 12.2. The summed E-state index contributed by atoms with van der Waals surface area (Å²) >= 11 is 0. The number of carboxylic acid groups (broad SMARTS) is 1. The Bertz CT molecular complexity index is 266. The molecule has 19 heavy (non-hydrogen) atoms. The predicted molar refractivity (Wildman–Crippen MR) is 77.1 cm³/mol. The van der Waals surface area contributed by atoms with Gasteiger partial charge in [0, 0.05) is 19.0 Å². The van der Waals surface area contributed by atoms with Crippen molar-refractivity contribution in [2.75, 3.05) is 6.54 Å². The standard InChI is InChI=1S/C15H29NO3/c1-4-6-7-8-9-10-11-14(17)16(5-2)13(3)12-15(18)19/h13H,4-12H2,1-3H3,(H,18,19). The molecule has 0 spiro atoms. The Balaban J connectivity index is 3.91. The van der Waals surface area contributed by atoms with E-state index in [1.165, 1.54) is 25.7 Å². The quantitative estimate of drug-likeness (QED) is 0.586. The van der Waals surface area contributed by atoms with Crippen LogP contribution in [0.25, 0.3) is 0 Å². The largest absolute Gasteiger partial charge is 0.481 e. The highest BCUT2D eigenvalue weighted by molar-refractivity contribution is 5.77. The minimum atomic E-state index is -0.849. The molecule has 1 N–H and O–H groups in total. The summed E-state index contributed by atoms with van der Waals surface area (Å²) in [4.78, 5) is 24.4. The van der Waals surface area contributed by atoms with Crippen LogP contribution in [-0.4, -0.2) is 34.5 Å². The molecular weight excluding hydrogens is 242 g/mol. The average Bonchev–Trinajstić information content (AvgIpc) is 2.33. The van der Waals surface area contributed by atoms with E-state index in [0.29, 0.717) is 13.0 Å². The molecule has 0 aromatic rings. The molecule has 0 aromatic carbocycles. The maximum atomic E-state index is 12.0. The third kappa shape index (κ3) is 8.62. The first-order valence-electron chi connectivity index (χ1n) is 7.54. The topological polar surface area (TPSA) is 57.6 Å². The van der Waals surface area contributed by atoms with Gasteiger partial charge in [0.1, 0.15) is 0 Å².